The van der Waals surface area contributed by atoms with Gasteiger partial charge in [-0.15, -0.1) is 11.3 Å². The maximum atomic E-state index is 9.47. The van der Waals surface area contributed by atoms with Crippen LogP contribution in [0.15, 0.2) is 35.8 Å². The zero-order valence-corrected chi connectivity index (χ0v) is 13.5. The second-order valence-electron chi connectivity index (χ2n) is 5.17. The summed E-state index contributed by atoms with van der Waals surface area (Å²) in [7, 11) is 0. The molecule has 0 aliphatic rings. The Hall–Kier alpha value is -2.89. The lowest BCUT2D eigenvalue weighted by Crippen LogP contribution is -1.94. The number of hydrogen-bond donors (Lipinski definition) is 0. The molecule has 0 radical (unpaired) electrons. The molecule has 0 fully saturated rings. The molecular weight excluding hydrogens is 304 g/mol. The number of thiazole rings is 1. The number of hydrogen-bond acceptors (Lipinski definition) is 4. The minimum atomic E-state index is 0.457. The lowest BCUT2D eigenvalue weighted by molar-refractivity contribution is 0.744. The van der Waals surface area contributed by atoms with E-state index in [2.05, 4.69) is 21.7 Å². The average Bonchev–Trinajstić information content (AvgIpc) is 3.15. The zero-order chi connectivity index (χ0) is 16.2. The van der Waals surface area contributed by atoms with Crippen LogP contribution in [0.3, 0.4) is 0 Å². The fourth-order valence-electron chi connectivity index (χ4n) is 2.52. The first kappa shape index (κ1) is 15.0. The SMILES string of the molecule is Cc1csc(C(C#N)=Cc2cn(CCC#N)c3ccccc23)n1. The van der Waals surface area contributed by atoms with Crippen LogP contribution in [-0.2, 0) is 6.54 Å². The molecule has 0 spiro atoms. The third-order valence-electron chi connectivity index (χ3n) is 3.55. The van der Waals surface area contributed by atoms with Gasteiger partial charge in [-0.05, 0) is 19.1 Å². The summed E-state index contributed by atoms with van der Waals surface area (Å²) in [5.41, 5.74) is 3.53. The molecule has 0 saturated carbocycles. The highest BCUT2D eigenvalue weighted by Gasteiger charge is 2.10. The van der Waals surface area contributed by atoms with Crippen molar-refractivity contribution >= 4 is 33.9 Å². The average molecular weight is 318 g/mol. The van der Waals surface area contributed by atoms with E-state index in [4.69, 9.17) is 5.26 Å². The van der Waals surface area contributed by atoms with Crippen LogP contribution < -0.4 is 0 Å². The summed E-state index contributed by atoms with van der Waals surface area (Å²) >= 11 is 1.48. The molecule has 1 aromatic carbocycles. The molecule has 5 heteroatoms. The van der Waals surface area contributed by atoms with Gasteiger partial charge in [0.15, 0.2) is 0 Å². The molecule has 0 saturated heterocycles. The number of fused-ring (bicyclic) bond motifs is 1. The smallest absolute Gasteiger partial charge is 0.134 e. The van der Waals surface area contributed by atoms with E-state index >= 15 is 0 Å². The van der Waals surface area contributed by atoms with E-state index in [1.54, 1.807) is 0 Å². The molecule has 3 aromatic rings. The predicted molar refractivity (Wildman–Crippen MR) is 92.5 cm³/mol. The fraction of sp³-hybridized carbons (Fsp3) is 0.167. The Balaban J connectivity index is 2.11. The molecule has 4 nitrogen and oxygen atoms in total. The van der Waals surface area contributed by atoms with Crippen LogP contribution in [0.4, 0.5) is 0 Å². The van der Waals surface area contributed by atoms with Crippen LogP contribution in [0.2, 0.25) is 0 Å². The maximum Gasteiger partial charge on any atom is 0.134 e. The Morgan fingerprint density at radius 3 is 2.87 bits per heavy atom. The highest BCUT2D eigenvalue weighted by molar-refractivity contribution is 7.11. The van der Waals surface area contributed by atoms with Gasteiger partial charge in [0.25, 0.3) is 0 Å². The van der Waals surface area contributed by atoms with Gasteiger partial charge in [-0.3, -0.25) is 0 Å². The largest absolute Gasteiger partial charge is 0.346 e. The third-order valence-corrected chi connectivity index (χ3v) is 4.55. The molecule has 0 unspecified atom stereocenters. The van der Waals surface area contributed by atoms with Crippen LogP contribution in [0.1, 0.15) is 22.7 Å². The summed E-state index contributed by atoms with van der Waals surface area (Å²) in [6, 6.07) is 12.4. The van der Waals surface area contributed by atoms with Crippen LogP contribution in [0, 0.1) is 29.6 Å². The molecule has 0 N–H and O–H groups in total. The second kappa shape index (κ2) is 6.48. The first-order chi connectivity index (χ1) is 11.2. The summed E-state index contributed by atoms with van der Waals surface area (Å²) in [4.78, 5) is 4.39. The fourth-order valence-corrected chi connectivity index (χ4v) is 3.28. The molecule has 0 aliphatic carbocycles. The second-order valence-corrected chi connectivity index (χ2v) is 6.03. The molecule has 0 aliphatic heterocycles. The first-order valence-corrected chi connectivity index (χ1v) is 8.10. The lowest BCUT2D eigenvalue weighted by Gasteiger charge is -2.00. The van der Waals surface area contributed by atoms with Gasteiger partial charge in [0.05, 0.1) is 18.1 Å². The van der Waals surface area contributed by atoms with Gasteiger partial charge in [0.1, 0.15) is 11.1 Å². The van der Waals surface area contributed by atoms with Crippen molar-refractivity contribution in [3.05, 3.63) is 52.1 Å². The van der Waals surface area contributed by atoms with Gasteiger partial charge >= 0.3 is 0 Å². The van der Waals surface area contributed by atoms with Gasteiger partial charge in [0.2, 0.25) is 0 Å². The Labute approximate surface area is 138 Å². The number of aryl methyl sites for hydroxylation is 2. The van der Waals surface area contributed by atoms with Crippen molar-refractivity contribution < 1.29 is 0 Å². The summed E-state index contributed by atoms with van der Waals surface area (Å²) in [5.74, 6) is 0. The van der Waals surface area contributed by atoms with Gasteiger partial charge in [0, 0.05) is 40.3 Å². The van der Waals surface area contributed by atoms with Crippen molar-refractivity contribution in [3.63, 3.8) is 0 Å². The summed E-state index contributed by atoms with van der Waals surface area (Å²) in [6.07, 6.45) is 4.34. The lowest BCUT2D eigenvalue weighted by atomic mass is 10.1. The Bertz CT molecular complexity index is 963. The van der Waals surface area contributed by atoms with E-state index in [1.165, 1.54) is 11.3 Å². The van der Waals surface area contributed by atoms with Gasteiger partial charge in [-0.25, -0.2) is 4.98 Å². The van der Waals surface area contributed by atoms with Crippen molar-refractivity contribution in [2.24, 2.45) is 0 Å². The van der Waals surface area contributed by atoms with Gasteiger partial charge in [-0.1, -0.05) is 18.2 Å². The standard InChI is InChI=1S/C18H14N4S/c1-13-12-23-18(21-13)14(10-20)9-15-11-22(8-4-7-19)17-6-3-2-5-16(15)17/h2-3,5-6,9,11-12H,4,8H2,1H3. The van der Waals surface area contributed by atoms with E-state index in [-0.39, 0.29) is 0 Å². The van der Waals surface area contributed by atoms with E-state index in [1.807, 2.05) is 48.8 Å². The van der Waals surface area contributed by atoms with E-state index in [9.17, 15) is 5.26 Å². The monoisotopic (exact) mass is 318 g/mol. The van der Waals surface area contributed by atoms with E-state index < -0.39 is 0 Å². The van der Waals surface area contributed by atoms with Gasteiger partial charge in [-0.2, -0.15) is 10.5 Å². The minimum absolute atomic E-state index is 0.457. The molecular formula is C18H14N4S. The highest BCUT2D eigenvalue weighted by Crippen LogP contribution is 2.27. The molecule has 0 bridgehead atoms. The summed E-state index contributed by atoms with van der Waals surface area (Å²) < 4.78 is 2.06. The number of allylic oxidation sites excluding steroid dienone is 1. The van der Waals surface area contributed by atoms with Crippen molar-refractivity contribution in [2.45, 2.75) is 19.9 Å². The molecule has 0 amide bonds. The number of nitriles is 2. The van der Waals surface area contributed by atoms with E-state index in [0.717, 1.165) is 27.2 Å². The summed E-state index contributed by atoms with van der Waals surface area (Å²) in [5, 5.41) is 22.0. The van der Waals surface area contributed by atoms with Crippen molar-refractivity contribution in [2.75, 3.05) is 0 Å². The van der Waals surface area contributed by atoms with Crippen LogP contribution in [0.5, 0.6) is 0 Å². The molecule has 2 aromatic heterocycles. The number of nitrogens with zero attached hydrogens (tertiary/aromatic N) is 4. The van der Waals surface area contributed by atoms with Crippen LogP contribution >= 0.6 is 11.3 Å². The molecule has 112 valence electrons. The highest BCUT2D eigenvalue weighted by atomic mass is 32.1. The first-order valence-electron chi connectivity index (χ1n) is 7.22. The molecule has 23 heavy (non-hydrogen) atoms. The zero-order valence-electron chi connectivity index (χ0n) is 12.7. The predicted octanol–water partition coefficient (Wildman–Crippen LogP) is 4.38. The normalized spacial score (nSPS) is 11.3. The summed E-state index contributed by atoms with van der Waals surface area (Å²) in [6.45, 7) is 2.56. The quantitative estimate of drug-likeness (QED) is 0.670. The molecule has 0 atom stereocenters. The van der Waals surface area contributed by atoms with Crippen LogP contribution in [-0.4, -0.2) is 9.55 Å². The maximum absolute atomic E-state index is 9.47. The van der Waals surface area contributed by atoms with Crippen molar-refractivity contribution in [1.82, 2.24) is 9.55 Å². The Morgan fingerprint density at radius 1 is 1.35 bits per heavy atom. The van der Waals surface area contributed by atoms with Crippen LogP contribution in [0.25, 0.3) is 22.6 Å². The van der Waals surface area contributed by atoms with Crippen molar-refractivity contribution in [3.8, 4) is 12.1 Å². The number of benzene rings is 1. The number of aromatic nitrogens is 2. The Morgan fingerprint density at radius 2 is 2.17 bits per heavy atom. The Kier molecular flexibility index (Phi) is 4.23. The third kappa shape index (κ3) is 3.01. The van der Waals surface area contributed by atoms with E-state index in [0.29, 0.717) is 18.5 Å². The van der Waals surface area contributed by atoms with Gasteiger partial charge < -0.3 is 4.57 Å². The number of rotatable bonds is 4. The topological polar surface area (TPSA) is 65.4 Å². The van der Waals surface area contributed by atoms with Crippen molar-refractivity contribution in [1.29, 1.82) is 10.5 Å². The number of para-hydroxylation sites is 1. The molecule has 3 rings (SSSR count). The minimum Gasteiger partial charge on any atom is -0.346 e. The molecule has 2 heterocycles.